The van der Waals surface area contributed by atoms with Gasteiger partial charge >= 0.3 is 0 Å². The first-order chi connectivity index (χ1) is 8.56. The van der Waals surface area contributed by atoms with Crippen LogP contribution in [0, 0.1) is 18.7 Å². The number of hydrogen-bond donors (Lipinski definition) is 2. The van der Waals surface area contributed by atoms with Crippen molar-refractivity contribution in [1.82, 2.24) is 0 Å². The number of carbonyl (C=O) groups excluding carboxylic acids is 1. The number of rotatable bonds is 2. The first-order valence-corrected chi connectivity index (χ1v) is 6.39. The molecule has 1 aromatic rings. The van der Waals surface area contributed by atoms with Gasteiger partial charge < -0.3 is 11.1 Å². The number of nitrogens with one attached hydrogen (secondary N) is 1. The van der Waals surface area contributed by atoms with Gasteiger partial charge in [-0.3, -0.25) is 4.79 Å². The van der Waals surface area contributed by atoms with Gasteiger partial charge in [0.25, 0.3) is 0 Å². The van der Waals surface area contributed by atoms with E-state index in [0.717, 1.165) is 25.7 Å². The van der Waals surface area contributed by atoms with Gasteiger partial charge in [-0.05, 0) is 43.9 Å². The number of hydrogen-bond acceptors (Lipinski definition) is 2. The zero-order chi connectivity index (χ0) is 13.1. The quantitative estimate of drug-likeness (QED) is 0.847. The van der Waals surface area contributed by atoms with Crippen molar-refractivity contribution in [3.05, 3.63) is 29.6 Å². The van der Waals surface area contributed by atoms with Crippen LogP contribution in [-0.2, 0) is 4.79 Å². The maximum atomic E-state index is 13.4. The molecule has 0 spiro atoms. The first kappa shape index (κ1) is 13.0. The fourth-order valence-corrected chi connectivity index (χ4v) is 2.38. The number of amides is 1. The van der Waals surface area contributed by atoms with Crippen molar-refractivity contribution in [3.63, 3.8) is 0 Å². The predicted octanol–water partition coefficient (Wildman–Crippen LogP) is 2.59. The van der Waals surface area contributed by atoms with Gasteiger partial charge in [0.1, 0.15) is 5.82 Å². The summed E-state index contributed by atoms with van der Waals surface area (Å²) in [6.45, 7) is 1.70. The van der Waals surface area contributed by atoms with E-state index >= 15 is 0 Å². The Morgan fingerprint density at radius 1 is 1.44 bits per heavy atom. The molecule has 2 rings (SSSR count). The molecule has 1 fully saturated rings. The molecule has 1 aromatic carbocycles. The summed E-state index contributed by atoms with van der Waals surface area (Å²) in [7, 11) is 0. The standard InChI is InChI=1S/C14H19FN2O/c1-9-5-6-12(8-13(9)15)17-14(18)10-3-2-4-11(16)7-10/h5-6,8,10-11H,2-4,7,16H2,1H3,(H,17,18). The number of aryl methyl sites for hydroxylation is 1. The zero-order valence-corrected chi connectivity index (χ0v) is 10.6. The molecule has 4 heteroatoms. The van der Waals surface area contributed by atoms with Crippen LogP contribution in [0.5, 0.6) is 0 Å². The van der Waals surface area contributed by atoms with E-state index in [1.807, 2.05) is 0 Å². The van der Waals surface area contributed by atoms with E-state index in [4.69, 9.17) is 5.73 Å². The molecule has 1 saturated carbocycles. The van der Waals surface area contributed by atoms with E-state index in [9.17, 15) is 9.18 Å². The topological polar surface area (TPSA) is 55.1 Å². The third-order valence-corrected chi connectivity index (χ3v) is 3.52. The van der Waals surface area contributed by atoms with E-state index in [1.54, 1.807) is 19.1 Å². The Morgan fingerprint density at radius 3 is 2.89 bits per heavy atom. The third kappa shape index (κ3) is 3.07. The van der Waals surface area contributed by atoms with Crippen molar-refractivity contribution < 1.29 is 9.18 Å². The molecular formula is C14H19FN2O. The van der Waals surface area contributed by atoms with Gasteiger partial charge in [-0.1, -0.05) is 12.5 Å². The van der Waals surface area contributed by atoms with Crippen LogP contribution in [0.2, 0.25) is 0 Å². The normalized spacial score (nSPS) is 23.7. The summed E-state index contributed by atoms with van der Waals surface area (Å²) in [5.74, 6) is -0.389. The summed E-state index contributed by atoms with van der Waals surface area (Å²) in [5.41, 5.74) is 6.95. The molecule has 0 aromatic heterocycles. The Hall–Kier alpha value is -1.42. The van der Waals surface area contributed by atoms with Crippen LogP contribution < -0.4 is 11.1 Å². The SMILES string of the molecule is Cc1ccc(NC(=O)C2CCCC(N)C2)cc1F. The van der Waals surface area contributed by atoms with Crippen molar-refractivity contribution in [3.8, 4) is 0 Å². The number of halogens is 1. The summed E-state index contributed by atoms with van der Waals surface area (Å²) >= 11 is 0. The molecule has 98 valence electrons. The van der Waals surface area contributed by atoms with Crippen LogP contribution in [-0.4, -0.2) is 11.9 Å². The zero-order valence-electron chi connectivity index (χ0n) is 10.6. The summed E-state index contributed by atoms with van der Waals surface area (Å²) in [6.07, 6.45) is 3.57. The number of nitrogens with two attached hydrogens (primary N) is 1. The average Bonchev–Trinajstić information content (AvgIpc) is 2.34. The summed E-state index contributed by atoms with van der Waals surface area (Å²) < 4.78 is 13.4. The van der Waals surface area contributed by atoms with Crippen LogP contribution in [0.4, 0.5) is 10.1 Å². The van der Waals surface area contributed by atoms with Gasteiger partial charge in [0, 0.05) is 17.6 Å². The van der Waals surface area contributed by atoms with E-state index in [-0.39, 0.29) is 23.7 Å². The van der Waals surface area contributed by atoms with E-state index in [0.29, 0.717) is 11.3 Å². The molecule has 3 N–H and O–H groups in total. The fraction of sp³-hybridized carbons (Fsp3) is 0.500. The predicted molar refractivity (Wildman–Crippen MR) is 69.7 cm³/mol. The van der Waals surface area contributed by atoms with Gasteiger partial charge in [0.2, 0.25) is 5.91 Å². The van der Waals surface area contributed by atoms with Crippen molar-refractivity contribution in [2.75, 3.05) is 5.32 Å². The maximum absolute atomic E-state index is 13.4. The summed E-state index contributed by atoms with van der Waals surface area (Å²) in [5, 5.41) is 2.77. The highest BCUT2D eigenvalue weighted by atomic mass is 19.1. The molecule has 1 aliphatic carbocycles. The second-order valence-corrected chi connectivity index (χ2v) is 5.08. The molecule has 1 aliphatic rings. The number of benzene rings is 1. The lowest BCUT2D eigenvalue weighted by atomic mass is 9.85. The number of anilines is 1. The van der Waals surface area contributed by atoms with Crippen LogP contribution in [0.1, 0.15) is 31.2 Å². The average molecular weight is 250 g/mol. The van der Waals surface area contributed by atoms with Crippen LogP contribution in [0.25, 0.3) is 0 Å². The van der Waals surface area contributed by atoms with Crippen LogP contribution in [0.3, 0.4) is 0 Å². The molecule has 0 saturated heterocycles. The molecule has 2 atom stereocenters. The van der Waals surface area contributed by atoms with Gasteiger partial charge in [-0.15, -0.1) is 0 Å². The van der Waals surface area contributed by atoms with E-state index in [1.165, 1.54) is 6.07 Å². The summed E-state index contributed by atoms with van der Waals surface area (Å²) in [4.78, 5) is 12.0. The lowest BCUT2D eigenvalue weighted by molar-refractivity contribution is -0.120. The monoisotopic (exact) mass is 250 g/mol. The highest BCUT2D eigenvalue weighted by Crippen LogP contribution is 2.24. The molecule has 3 nitrogen and oxygen atoms in total. The Kier molecular flexibility index (Phi) is 3.97. The van der Waals surface area contributed by atoms with Gasteiger partial charge in [-0.2, -0.15) is 0 Å². The second-order valence-electron chi connectivity index (χ2n) is 5.08. The van der Waals surface area contributed by atoms with Crippen molar-refractivity contribution in [2.45, 2.75) is 38.6 Å². The Bertz CT molecular complexity index is 447. The Labute approximate surface area is 107 Å². The van der Waals surface area contributed by atoms with Gasteiger partial charge in [-0.25, -0.2) is 4.39 Å². The molecule has 18 heavy (non-hydrogen) atoms. The first-order valence-electron chi connectivity index (χ1n) is 6.39. The second kappa shape index (κ2) is 5.48. The fourth-order valence-electron chi connectivity index (χ4n) is 2.38. The highest BCUT2D eigenvalue weighted by Gasteiger charge is 2.25. The molecule has 2 unspecified atom stereocenters. The molecule has 1 amide bonds. The van der Waals surface area contributed by atoms with E-state index < -0.39 is 0 Å². The van der Waals surface area contributed by atoms with Crippen molar-refractivity contribution >= 4 is 11.6 Å². The smallest absolute Gasteiger partial charge is 0.227 e. The molecular weight excluding hydrogens is 231 g/mol. The molecule has 0 aliphatic heterocycles. The minimum absolute atomic E-state index is 0.0434. The van der Waals surface area contributed by atoms with E-state index in [2.05, 4.69) is 5.32 Å². The molecule has 0 heterocycles. The van der Waals surface area contributed by atoms with Crippen LogP contribution in [0.15, 0.2) is 18.2 Å². The van der Waals surface area contributed by atoms with Gasteiger partial charge in [0.05, 0.1) is 0 Å². The van der Waals surface area contributed by atoms with Crippen molar-refractivity contribution in [2.24, 2.45) is 11.7 Å². The largest absolute Gasteiger partial charge is 0.328 e. The maximum Gasteiger partial charge on any atom is 0.227 e. The Balaban J connectivity index is 2.00. The minimum Gasteiger partial charge on any atom is -0.328 e. The highest BCUT2D eigenvalue weighted by molar-refractivity contribution is 5.92. The van der Waals surface area contributed by atoms with Crippen LogP contribution >= 0.6 is 0 Å². The van der Waals surface area contributed by atoms with Crippen molar-refractivity contribution in [1.29, 1.82) is 0 Å². The Morgan fingerprint density at radius 2 is 2.22 bits per heavy atom. The molecule has 0 radical (unpaired) electrons. The van der Waals surface area contributed by atoms with Gasteiger partial charge in [0.15, 0.2) is 0 Å². The molecule has 0 bridgehead atoms. The lowest BCUT2D eigenvalue weighted by Crippen LogP contribution is -2.34. The lowest BCUT2D eigenvalue weighted by Gasteiger charge is -2.25. The minimum atomic E-state index is -0.298. The summed E-state index contributed by atoms with van der Waals surface area (Å²) in [6, 6.07) is 4.86. The number of carbonyl (C=O) groups is 1. The third-order valence-electron chi connectivity index (χ3n) is 3.52.